The van der Waals surface area contributed by atoms with Crippen molar-refractivity contribution in [3.8, 4) is 0 Å². The molecule has 0 aliphatic rings. The Morgan fingerprint density at radius 3 is 2.83 bits per heavy atom. The summed E-state index contributed by atoms with van der Waals surface area (Å²) in [5, 5.41) is 5.02. The molecule has 2 aromatic heterocycles. The first-order chi connectivity index (χ1) is 11.5. The number of aromatic nitrogens is 3. The predicted molar refractivity (Wildman–Crippen MR) is 95.6 cm³/mol. The van der Waals surface area contributed by atoms with Crippen LogP contribution in [0.5, 0.6) is 0 Å². The van der Waals surface area contributed by atoms with Crippen LogP contribution >= 0.6 is 23.2 Å². The van der Waals surface area contributed by atoms with Gasteiger partial charge in [0.15, 0.2) is 0 Å². The van der Waals surface area contributed by atoms with Crippen molar-refractivity contribution >= 4 is 40.0 Å². The Labute approximate surface area is 148 Å². The molecule has 1 aromatic carbocycles. The number of benzene rings is 1. The number of halogens is 2. The van der Waals surface area contributed by atoms with Crippen molar-refractivity contribution in [2.24, 2.45) is 5.73 Å². The van der Waals surface area contributed by atoms with Gasteiger partial charge in [-0.3, -0.25) is 4.79 Å². The van der Waals surface area contributed by atoms with E-state index in [9.17, 15) is 4.79 Å². The normalized spacial score (nSPS) is 11.2. The number of imidazole rings is 1. The minimum Gasteiger partial charge on any atom is -0.357 e. The monoisotopic (exact) mass is 365 g/mol. The summed E-state index contributed by atoms with van der Waals surface area (Å²) in [5.74, 6) is -0.252. The van der Waals surface area contributed by atoms with Crippen molar-refractivity contribution in [3.05, 3.63) is 51.2 Å². The summed E-state index contributed by atoms with van der Waals surface area (Å²) in [6.07, 6.45) is 2.09. The number of fused-ring (bicyclic) bond motifs is 1. The molecule has 1 amide bonds. The van der Waals surface area contributed by atoms with Gasteiger partial charge in [-0.2, -0.15) is 0 Å². The second-order valence-electron chi connectivity index (χ2n) is 5.45. The molecule has 0 atom stereocenters. The SMILES string of the molecule is Cc1[nH]c2c(Cl)ccc(Cl)c2c1CCNC(=O)c1nc[nH]c1CN. The van der Waals surface area contributed by atoms with Gasteiger partial charge in [-0.05, 0) is 31.0 Å². The lowest BCUT2D eigenvalue weighted by Gasteiger charge is -2.06. The van der Waals surface area contributed by atoms with Crippen LogP contribution in [0.4, 0.5) is 0 Å². The number of nitrogens with one attached hydrogen (secondary N) is 3. The number of carbonyl (C=O) groups is 1. The van der Waals surface area contributed by atoms with Crippen molar-refractivity contribution in [3.63, 3.8) is 0 Å². The fourth-order valence-electron chi connectivity index (χ4n) is 2.79. The fourth-order valence-corrected chi connectivity index (χ4v) is 3.27. The standard InChI is InChI=1S/C16H17Cl2N5O/c1-8-9(13-10(17)2-3-11(18)14(13)23-8)4-5-20-16(24)15-12(6-19)21-7-22-15/h2-3,7,23H,4-6,19H2,1H3,(H,20,24)(H,21,22). The molecule has 6 nitrogen and oxygen atoms in total. The van der Waals surface area contributed by atoms with Crippen LogP contribution in [-0.2, 0) is 13.0 Å². The molecule has 0 radical (unpaired) electrons. The lowest BCUT2D eigenvalue weighted by Crippen LogP contribution is -2.27. The lowest BCUT2D eigenvalue weighted by atomic mass is 10.1. The molecule has 3 aromatic rings. The zero-order chi connectivity index (χ0) is 17.3. The molecule has 0 bridgehead atoms. The van der Waals surface area contributed by atoms with E-state index in [1.54, 1.807) is 12.1 Å². The largest absolute Gasteiger partial charge is 0.357 e. The number of rotatable bonds is 5. The number of carbonyl (C=O) groups excluding carboxylic acids is 1. The van der Waals surface area contributed by atoms with Crippen LogP contribution in [-0.4, -0.2) is 27.4 Å². The third-order valence-corrected chi connectivity index (χ3v) is 4.60. The number of H-pyrrole nitrogens is 2. The first-order valence-corrected chi connectivity index (χ1v) is 8.24. The number of hydrogen-bond acceptors (Lipinski definition) is 3. The van der Waals surface area contributed by atoms with Crippen molar-refractivity contribution in [2.45, 2.75) is 19.9 Å². The van der Waals surface area contributed by atoms with E-state index in [1.165, 1.54) is 6.33 Å². The topological polar surface area (TPSA) is 99.6 Å². The van der Waals surface area contributed by atoms with Gasteiger partial charge in [-0.15, -0.1) is 0 Å². The van der Waals surface area contributed by atoms with E-state index < -0.39 is 0 Å². The Hall–Kier alpha value is -2.02. The summed E-state index contributed by atoms with van der Waals surface area (Å²) in [4.78, 5) is 22.3. The maximum absolute atomic E-state index is 12.2. The molecule has 0 spiro atoms. The summed E-state index contributed by atoms with van der Waals surface area (Å²) in [5.41, 5.74) is 9.36. The highest BCUT2D eigenvalue weighted by atomic mass is 35.5. The molecule has 0 unspecified atom stereocenters. The van der Waals surface area contributed by atoms with Crippen LogP contribution in [0.2, 0.25) is 10.0 Å². The highest BCUT2D eigenvalue weighted by Crippen LogP contribution is 2.33. The van der Waals surface area contributed by atoms with Crippen LogP contribution < -0.4 is 11.1 Å². The summed E-state index contributed by atoms with van der Waals surface area (Å²) in [6, 6.07) is 3.54. The van der Waals surface area contributed by atoms with Gasteiger partial charge in [0.1, 0.15) is 5.69 Å². The average Bonchev–Trinajstić information content (AvgIpc) is 3.16. The first-order valence-electron chi connectivity index (χ1n) is 7.48. The summed E-state index contributed by atoms with van der Waals surface area (Å²) >= 11 is 12.5. The molecular weight excluding hydrogens is 349 g/mol. The van der Waals surface area contributed by atoms with E-state index >= 15 is 0 Å². The maximum atomic E-state index is 12.2. The van der Waals surface area contributed by atoms with Gasteiger partial charge in [0, 0.05) is 24.2 Å². The molecule has 2 heterocycles. The molecule has 0 saturated heterocycles. The van der Waals surface area contributed by atoms with E-state index in [0.29, 0.717) is 34.4 Å². The van der Waals surface area contributed by atoms with Gasteiger partial charge in [0.2, 0.25) is 0 Å². The van der Waals surface area contributed by atoms with E-state index in [0.717, 1.165) is 22.2 Å². The van der Waals surface area contributed by atoms with Crippen LogP contribution in [0.15, 0.2) is 18.5 Å². The minimum atomic E-state index is -0.252. The van der Waals surface area contributed by atoms with Gasteiger partial charge in [0.05, 0.1) is 27.6 Å². The molecule has 0 saturated carbocycles. The average molecular weight is 366 g/mol. The molecule has 3 rings (SSSR count). The van der Waals surface area contributed by atoms with Crippen molar-refractivity contribution in [1.29, 1.82) is 0 Å². The molecule has 24 heavy (non-hydrogen) atoms. The van der Waals surface area contributed by atoms with Crippen LogP contribution in [0.1, 0.15) is 27.4 Å². The smallest absolute Gasteiger partial charge is 0.271 e. The van der Waals surface area contributed by atoms with E-state index in [4.69, 9.17) is 28.9 Å². The van der Waals surface area contributed by atoms with Crippen molar-refractivity contribution in [1.82, 2.24) is 20.3 Å². The Kier molecular flexibility index (Phi) is 4.80. The van der Waals surface area contributed by atoms with Crippen molar-refractivity contribution < 1.29 is 4.79 Å². The van der Waals surface area contributed by atoms with Gasteiger partial charge >= 0.3 is 0 Å². The molecule has 126 valence electrons. The van der Waals surface area contributed by atoms with E-state index in [1.807, 2.05) is 6.92 Å². The fraction of sp³-hybridized carbons (Fsp3) is 0.250. The number of nitrogens with two attached hydrogens (primary N) is 1. The summed E-state index contributed by atoms with van der Waals surface area (Å²) in [6.45, 7) is 2.65. The molecular formula is C16H17Cl2N5O. The zero-order valence-electron chi connectivity index (χ0n) is 13.0. The zero-order valence-corrected chi connectivity index (χ0v) is 14.6. The highest BCUT2D eigenvalue weighted by molar-refractivity contribution is 6.40. The number of hydrogen-bond donors (Lipinski definition) is 4. The van der Waals surface area contributed by atoms with Crippen molar-refractivity contribution in [2.75, 3.05) is 6.54 Å². The maximum Gasteiger partial charge on any atom is 0.271 e. The second kappa shape index (κ2) is 6.84. The predicted octanol–water partition coefficient (Wildman–Crippen LogP) is 2.94. The first kappa shape index (κ1) is 16.8. The molecule has 0 fully saturated rings. The number of aryl methyl sites for hydroxylation is 1. The van der Waals surface area contributed by atoms with Gasteiger partial charge < -0.3 is 21.0 Å². The van der Waals surface area contributed by atoms with Crippen LogP contribution in [0.3, 0.4) is 0 Å². The Morgan fingerprint density at radius 1 is 1.33 bits per heavy atom. The molecule has 0 aliphatic carbocycles. The van der Waals surface area contributed by atoms with E-state index in [-0.39, 0.29) is 12.5 Å². The second-order valence-corrected chi connectivity index (χ2v) is 6.26. The quantitative estimate of drug-likeness (QED) is 0.559. The van der Waals surface area contributed by atoms with Crippen LogP contribution in [0.25, 0.3) is 10.9 Å². The highest BCUT2D eigenvalue weighted by Gasteiger charge is 2.16. The van der Waals surface area contributed by atoms with Gasteiger partial charge in [0.25, 0.3) is 5.91 Å². The van der Waals surface area contributed by atoms with E-state index in [2.05, 4.69) is 20.3 Å². The Balaban J connectivity index is 1.76. The summed E-state index contributed by atoms with van der Waals surface area (Å²) < 4.78 is 0. The number of aromatic amines is 2. The molecule has 5 N–H and O–H groups in total. The van der Waals surface area contributed by atoms with Gasteiger partial charge in [-0.1, -0.05) is 23.2 Å². The Morgan fingerprint density at radius 2 is 2.08 bits per heavy atom. The lowest BCUT2D eigenvalue weighted by molar-refractivity contribution is 0.0948. The van der Waals surface area contributed by atoms with Crippen LogP contribution in [0, 0.1) is 6.92 Å². The number of nitrogens with zero attached hydrogens (tertiary/aromatic N) is 1. The summed E-state index contributed by atoms with van der Waals surface area (Å²) in [7, 11) is 0. The minimum absolute atomic E-state index is 0.235. The molecule has 0 aliphatic heterocycles. The number of amides is 1. The third kappa shape index (κ3) is 3.00. The molecule has 8 heteroatoms. The van der Waals surface area contributed by atoms with Gasteiger partial charge in [-0.25, -0.2) is 4.98 Å². The Bertz CT molecular complexity index is 899. The third-order valence-electron chi connectivity index (χ3n) is 3.97.